The second kappa shape index (κ2) is 4.80. The van der Waals surface area contributed by atoms with Gasteiger partial charge in [0.15, 0.2) is 0 Å². The van der Waals surface area contributed by atoms with Gasteiger partial charge >= 0.3 is 12.7 Å². The number of hydrogen-bond donors (Lipinski definition) is 2. The van der Waals surface area contributed by atoms with Crippen molar-refractivity contribution in [2.24, 2.45) is 5.84 Å². The molecule has 0 aliphatic carbocycles. The molecule has 1 rings (SSSR count). The molecule has 0 unspecified atom stereocenters. The molecule has 0 radical (unpaired) electrons. The molecule has 0 saturated carbocycles. The third kappa shape index (κ3) is 4.99. The Balaban J connectivity index is 3.02. The Kier molecular flexibility index (Phi) is 3.79. The number of hydrazine groups is 1. The van der Waals surface area contributed by atoms with E-state index >= 15 is 0 Å². The zero-order valence-corrected chi connectivity index (χ0v) is 8.39. The summed E-state index contributed by atoms with van der Waals surface area (Å²) in [5.41, 5.74) is 1.64. The summed E-state index contributed by atoms with van der Waals surface area (Å²) in [6.45, 7) is 0. The van der Waals surface area contributed by atoms with Gasteiger partial charge in [0.1, 0.15) is 11.5 Å². The van der Waals surface area contributed by atoms with Gasteiger partial charge in [0, 0.05) is 18.2 Å². The average Bonchev–Trinajstić information content (AvgIpc) is 2.11. The molecule has 4 nitrogen and oxygen atoms in total. The van der Waals surface area contributed by atoms with Crippen molar-refractivity contribution >= 4 is 5.69 Å². The highest BCUT2D eigenvalue weighted by molar-refractivity contribution is 5.53. The number of anilines is 1. The standard InChI is InChI=1S/C8H6F6N2O2/c9-7(10,11)17-5-1-4(16-15)2-6(3-5)18-8(12,13)14/h1-3,16H,15H2. The van der Waals surface area contributed by atoms with Crippen LogP contribution < -0.4 is 20.7 Å². The van der Waals surface area contributed by atoms with Crippen LogP contribution >= 0.6 is 0 Å². The van der Waals surface area contributed by atoms with E-state index in [0.717, 1.165) is 12.1 Å². The lowest BCUT2D eigenvalue weighted by Gasteiger charge is -2.14. The van der Waals surface area contributed by atoms with Crippen molar-refractivity contribution in [3.8, 4) is 11.5 Å². The van der Waals surface area contributed by atoms with E-state index in [9.17, 15) is 26.3 Å². The Morgan fingerprint density at radius 3 is 1.50 bits per heavy atom. The quantitative estimate of drug-likeness (QED) is 0.506. The molecule has 1 aromatic carbocycles. The van der Waals surface area contributed by atoms with E-state index < -0.39 is 24.2 Å². The molecule has 18 heavy (non-hydrogen) atoms. The van der Waals surface area contributed by atoms with Gasteiger partial charge in [0.2, 0.25) is 0 Å². The van der Waals surface area contributed by atoms with Gasteiger partial charge in [-0.1, -0.05) is 0 Å². The Bertz CT molecular complexity index is 383. The van der Waals surface area contributed by atoms with E-state index in [1.807, 2.05) is 5.43 Å². The number of nitrogen functional groups attached to an aromatic ring is 1. The van der Waals surface area contributed by atoms with Crippen molar-refractivity contribution in [3.05, 3.63) is 18.2 Å². The molecular formula is C8H6F6N2O2. The van der Waals surface area contributed by atoms with Crippen LogP contribution in [0.4, 0.5) is 32.0 Å². The van der Waals surface area contributed by atoms with Gasteiger partial charge in [0.05, 0.1) is 5.69 Å². The van der Waals surface area contributed by atoms with Crippen molar-refractivity contribution in [2.75, 3.05) is 5.43 Å². The smallest absolute Gasteiger partial charge is 0.406 e. The molecule has 10 heteroatoms. The third-order valence-corrected chi connectivity index (χ3v) is 1.51. The summed E-state index contributed by atoms with van der Waals surface area (Å²) in [6, 6.07) is 1.95. The third-order valence-electron chi connectivity index (χ3n) is 1.51. The van der Waals surface area contributed by atoms with E-state index in [-0.39, 0.29) is 5.69 Å². The van der Waals surface area contributed by atoms with Crippen LogP contribution in [0.15, 0.2) is 18.2 Å². The molecule has 0 aromatic heterocycles. The maximum Gasteiger partial charge on any atom is 0.573 e. The van der Waals surface area contributed by atoms with Crippen LogP contribution in [-0.4, -0.2) is 12.7 Å². The van der Waals surface area contributed by atoms with Crippen LogP contribution in [0.3, 0.4) is 0 Å². The predicted octanol–water partition coefficient (Wildman–Crippen LogP) is 2.77. The number of halogens is 6. The van der Waals surface area contributed by atoms with Crippen LogP contribution in [0.1, 0.15) is 0 Å². The van der Waals surface area contributed by atoms with E-state index in [2.05, 4.69) is 9.47 Å². The zero-order chi connectivity index (χ0) is 14.0. The summed E-state index contributed by atoms with van der Waals surface area (Å²) < 4.78 is 78.4. The van der Waals surface area contributed by atoms with Crippen LogP contribution in [-0.2, 0) is 0 Å². The predicted molar refractivity (Wildman–Crippen MR) is 47.6 cm³/mol. The number of hydrogen-bond acceptors (Lipinski definition) is 4. The second-order valence-electron chi connectivity index (χ2n) is 2.93. The minimum atomic E-state index is -5.04. The van der Waals surface area contributed by atoms with Crippen LogP contribution in [0.25, 0.3) is 0 Å². The highest BCUT2D eigenvalue weighted by Gasteiger charge is 2.33. The molecule has 0 fully saturated rings. The largest absolute Gasteiger partial charge is 0.573 e. The van der Waals surface area contributed by atoms with Crippen molar-refractivity contribution in [3.63, 3.8) is 0 Å². The molecule has 0 aliphatic heterocycles. The first-order valence-corrected chi connectivity index (χ1v) is 4.22. The molecular weight excluding hydrogens is 270 g/mol. The molecule has 0 aliphatic rings. The minimum Gasteiger partial charge on any atom is -0.406 e. The van der Waals surface area contributed by atoms with Gasteiger partial charge < -0.3 is 14.9 Å². The van der Waals surface area contributed by atoms with Crippen molar-refractivity contribution in [1.29, 1.82) is 0 Å². The first kappa shape index (κ1) is 14.2. The summed E-state index contributed by atoms with van der Waals surface area (Å²) >= 11 is 0. The molecule has 1 aromatic rings. The minimum absolute atomic E-state index is 0.240. The summed E-state index contributed by atoms with van der Waals surface area (Å²) in [5.74, 6) is 3.11. The molecule has 0 amide bonds. The van der Waals surface area contributed by atoms with Gasteiger partial charge in [-0.3, -0.25) is 5.84 Å². The highest BCUT2D eigenvalue weighted by Crippen LogP contribution is 2.32. The number of ether oxygens (including phenoxy) is 2. The fourth-order valence-electron chi connectivity index (χ4n) is 1.04. The second-order valence-corrected chi connectivity index (χ2v) is 2.93. The summed E-state index contributed by atoms with van der Waals surface area (Å²) in [4.78, 5) is 0. The normalized spacial score (nSPS) is 12.2. The van der Waals surface area contributed by atoms with E-state index in [0.29, 0.717) is 6.07 Å². The first-order chi connectivity index (χ1) is 8.09. The van der Waals surface area contributed by atoms with Crippen molar-refractivity contribution in [1.82, 2.24) is 0 Å². The molecule has 0 heterocycles. The Hall–Kier alpha value is -1.84. The molecule has 0 atom stereocenters. The Labute approximate surface area is 96.2 Å². The zero-order valence-electron chi connectivity index (χ0n) is 8.39. The average molecular weight is 276 g/mol. The van der Waals surface area contributed by atoms with Crippen molar-refractivity contribution < 1.29 is 35.8 Å². The first-order valence-electron chi connectivity index (χ1n) is 4.22. The molecule has 0 bridgehead atoms. The monoisotopic (exact) mass is 276 g/mol. The maximum atomic E-state index is 11.9. The van der Waals surface area contributed by atoms with E-state index in [1.54, 1.807) is 0 Å². The van der Waals surface area contributed by atoms with Crippen LogP contribution in [0, 0.1) is 0 Å². The van der Waals surface area contributed by atoms with Gasteiger partial charge in [-0.15, -0.1) is 26.3 Å². The molecule has 0 saturated heterocycles. The molecule has 0 spiro atoms. The number of benzene rings is 1. The van der Waals surface area contributed by atoms with Gasteiger partial charge in [-0.05, 0) is 0 Å². The number of alkyl halides is 6. The SMILES string of the molecule is NNc1cc(OC(F)(F)F)cc(OC(F)(F)F)c1. The number of rotatable bonds is 3. The Morgan fingerprint density at radius 2 is 1.22 bits per heavy atom. The summed E-state index contributed by atoms with van der Waals surface area (Å²) in [5, 5.41) is 0. The topological polar surface area (TPSA) is 56.5 Å². The highest BCUT2D eigenvalue weighted by atomic mass is 19.4. The van der Waals surface area contributed by atoms with Crippen LogP contribution in [0.2, 0.25) is 0 Å². The summed E-state index contributed by atoms with van der Waals surface area (Å²) in [6.07, 6.45) is -10.1. The number of nitrogens with one attached hydrogen (secondary N) is 1. The van der Waals surface area contributed by atoms with Gasteiger partial charge in [-0.25, -0.2) is 0 Å². The lowest BCUT2D eigenvalue weighted by atomic mass is 10.3. The molecule has 3 N–H and O–H groups in total. The Morgan fingerprint density at radius 1 is 0.833 bits per heavy atom. The van der Waals surface area contributed by atoms with Crippen LogP contribution in [0.5, 0.6) is 11.5 Å². The number of nitrogens with two attached hydrogens (primary N) is 1. The van der Waals surface area contributed by atoms with Crippen molar-refractivity contribution in [2.45, 2.75) is 12.7 Å². The fraction of sp³-hybridized carbons (Fsp3) is 0.250. The van der Waals surface area contributed by atoms with E-state index in [4.69, 9.17) is 5.84 Å². The maximum absolute atomic E-state index is 11.9. The lowest BCUT2D eigenvalue weighted by molar-refractivity contribution is -0.276. The van der Waals surface area contributed by atoms with Gasteiger partial charge in [0.25, 0.3) is 0 Å². The molecule has 102 valence electrons. The van der Waals surface area contributed by atoms with E-state index in [1.165, 1.54) is 0 Å². The lowest BCUT2D eigenvalue weighted by Crippen LogP contribution is -2.19. The fourth-order valence-corrected chi connectivity index (χ4v) is 1.04. The summed E-state index contributed by atoms with van der Waals surface area (Å²) in [7, 11) is 0. The van der Waals surface area contributed by atoms with Gasteiger partial charge in [-0.2, -0.15) is 0 Å².